The smallest absolute Gasteiger partial charge is 0.368 e. The molecule has 0 bridgehead atoms. The van der Waals surface area contributed by atoms with Gasteiger partial charge >= 0.3 is 6.18 Å². The molecule has 2 heterocycles. The molecule has 0 aliphatic carbocycles. The highest BCUT2D eigenvalue weighted by molar-refractivity contribution is 5.44. The Balaban J connectivity index is 2.43. The zero-order valence-electron chi connectivity index (χ0n) is 8.81. The number of nitrogens with one attached hydrogen (secondary N) is 1. The van der Waals surface area contributed by atoms with Crippen molar-refractivity contribution in [2.24, 2.45) is 5.84 Å². The van der Waals surface area contributed by atoms with Gasteiger partial charge in [-0.15, -0.1) is 0 Å². The van der Waals surface area contributed by atoms with Crippen LogP contribution in [0.4, 0.5) is 24.9 Å². The third-order valence-electron chi connectivity index (χ3n) is 2.02. The summed E-state index contributed by atoms with van der Waals surface area (Å²) in [5, 5.41) is 3.55. The Bertz CT molecular complexity index is 562. The number of anilines is 2. The van der Waals surface area contributed by atoms with Crippen LogP contribution in [0.5, 0.6) is 0 Å². The fourth-order valence-corrected chi connectivity index (χ4v) is 1.24. The Morgan fingerprint density at radius 3 is 2.56 bits per heavy atom. The van der Waals surface area contributed by atoms with Crippen LogP contribution < -0.4 is 17.0 Å². The SMILES string of the molecule is NNc1cc(-n2cc(C(F)(F)F)cn2)nc(N)n1. The van der Waals surface area contributed by atoms with Gasteiger partial charge in [0.25, 0.3) is 0 Å². The standard InChI is InChI=1S/C8H8F3N7/c9-8(10,11)4-2-14-18(3-4)6-1-5(17-13)15-7(12)16-6/h1-3H,13H2,(H3,12,15,16,17). The third kappa shape index (κ3) is 2.32. The molecule has 96 valence electrons. The molecule has 0 aromatic carbocycles. The lowest BCUT2D eigenvalue weighted by molar-refractivity contribution is -0.137. The van der Waals surface area contributed by atoms with Crippen LogP contribution in [0.25, 0.3) is 5.82 Å². The van der Waals surface area contributed by atoms with Crippen molar-refractivity contribution in [1.82, 2.24) is 19.7 Å². The lowest BCUT2D eigenvalue weighted by Crippen LogP contribution is -2.12. The van der Waals surface area contributed by atoms with Crippen molar-refractivity contribution in [3.8, 4) is 5.82 Å². The van der Waals surface area contributed by atoms with Crippen molar-refractivity contribution in [2.75, 3.05) is 11.2 Å². The van der Waals surface area contributed by atoms with Crippen LogP contribution in [-0.4, -0.2) is 19.7 Å². The van der Waals surface area contributed by atoms with Gasteiger partial charge in [-0.1, -0.05) is 0 Å². The normalized spacial score (nSPS) is 11.6. The molecule has 0 saturated heterocycles. The summed E-state index contributed by atoms with van der Waals surface area (Å²) in [5.74, 6) is 5.24. The molecule has 0 radical (unpaired) electrons. The molecule has 0 fully saturated rings. The van der Waals surface area contributed by atoms with Gasteiger partial charge in [-0.2, -0.15) is 28.2 Å². The topological polar surface area (TPSA) is 108 Å². The van der Waals surface area contributed by atoms with Crippen LogP contribution in [0.3, 0.4) is 0 Å². The summed E-state index contributed by atoms with van der Waals surface area (Å²) in [4.78, 5) is 7.45. The Morgan fingerprint density at radius 2 is 2.00 bits per heavy atom. The molecule has 18 heavy (non-hydrogen) atoms. The third-order valence-corrected chi connectivity index (χ3v) is 2.02. The van der Waals surface area contributed by atoms with E-state index in [1.807, 2.05) is 0 Å². The lowest BCUT2D eigenvalue weighted by atomic mass is 10.3. The second kappa shape index (κ2) is 4.14. The average molecular weight is 259 g/mol. The number of hydrogen-bond donors (Lipinski definition) is 3. The van der Waals surface area contributed by atoms with E-state index in [9.17, 15) is 13.2 Å². The molecule has 0 amide bonds. The zero-order valence-corrected chi connectivity index (χ0v) is 8.81. The first-order chi connectivity index (χ1) is 8.40. The molecule has 0 aliphatic rings. The molecular weight excluding hydrogens is 251 g/mol. The summed E-state index contributed by atoms with van der Waals surface area (Å²) in [6, 6.07) is 1.31. The van der Waals surface area contributed by atoms with Gasteiger partial charge in [-0.25, -0.2) is 10.5 Å². The molecule has 0 aliphatic heterocycles. The quantitative estimate of drug-likeness (QED) is 0.537. The number of nitrogens with zero attached hydrogens (tertiary/aromatic N) is 4. The lowest BCUT2D eigenvalue weighted by Gasteiger charge is -2.05. The molecular formula is C8H8F3N7. The summed E-state index contributed by atoms with van der Waals surface area (Å²) in [6.07, 6.45) is -2.98. The number of alkyl halides is 3. The number of rotatable bonds is 2. The van der Waals surface area contributed by atoms with Gasteiger partial charge < -0.3 is 11.2 Å². The number of hydrazine groups is 1. The second-order valence-electron chi connectivity index (χ2n) is 3.29. The largest absolute Gasteiger partial charge is 0.419 e. The summed E-state index contributed by atoms with van der Waals surface area (Å²) in [5.41, 5.74) is 6.72. The fraction of sp³-hybridized carbons (Fsp3) is 0.125. The first kappa shape index (κ1) is 12.1. The van der Waals surface area contributed by atoms with Crippen molar-refractivity contribution in [3.05, 3.63) is 24.0 Å². The van der Waals surface area contributed by atoms with E-state index in [4.69, 9.17) is 11.6 Å². The molecule has 0 unspecified atom stereocenters. The van der Waals surface area contributed by atoms with E-state index < -0.39 is 11.7 Å². The van der Waals surface area contributed by atoms with Gasteiger partial charge in [0, 0.05) is 12.3 Å². The van der Waals surface area contributed by atoms with E-state index in [-0.39, 0.29) is 17.6 Å². The van der Waals surface area contributed by atoms with Gasteiger partial charge in [0.05, 0.1) is 11.8 Å². The van der Waals surface area contributed by atoms with E-state index in [1.165, 1.54) is 6.07 Å². The summed E-state index contributed by atoms with van der Waals surface area (Å²) < 4.78 is 38.1. The molecule has 0 atom stereocenters. The van der Waals surface area contributed by atoms with Gasteiger partial charge in [0.2, 0.25) is 5.95 Å². The van der Waals surface area contributed by atoms with Crippen molar-refractivity contribution in [1.29, 1.82) is 0 Å². The van der Waals surface area contributed by atoms with E-state index in [1.54, 1.807) is 0 Å². The number of hydrogen-bond acceptors (Lipinski definition) is 6. The van der Waals surface area contributed by atoms with Gasteiger partial charge in [-0.3, -0.25) is 0 Å². The number of nitrogen functional groups attached to an aromatic ring is 2. The molecule has 0 spiro atoms. The van der Waals surface area contributed by atoms with Crippen molar-refractivity contribution >= 4 is 11.8 Å². The number of aromatic nitrogens is 4. The monoisotopic (exact) mass is 259 g/mol. The summed E-state index contributed by atoms with van der Waals surface area (Å²) in [7, 11) is 0. The minimum absolute atomic E-state index is 0.0750. The highest BCUT2D eigenvalue weighted by atomic mass is 19.4. The molecule has 2 aromatic rings. The van der Waals surface area contributed by atoms with E-state index in [0.717, 1.165) is 10.9 Å². The number of nitrogens with two attached hydrogens (primary N) is 2. The fourth-order valence-electron chi connectivity index (χ4n) is 1.24. The predicted molar refractivity (Wildman–Crippen MR) is 56.4 cm³/mol. The molecule has 2 aromatic heterocycles. The van der Waals surface area contributed by atoms with Gasteiger partial charge in [-0.05, 0) is 0 Å². The minimum Gasteiger partial charge on any atom is -0.368 e. The average Bonchev–Trinajstić information content (AvgIpc) is 2.77. The minimum atomic E-state index is -4.47. The maximum Gasteiger partial charge on any atom is 0.419 e. The zero-order chi connectivity index (χ0) is 13.3. The van der Waals surface area contributed by atoms with Gasteiger partial charge in [0.15, 0.2) is 5.82 Å². The van der Waals surface area contributed by atoms with E-state index in [2.05, 4.69) is 20.5 Å². The van der Waals surface area contributed by atoms with E-state index in [0.29, 0.717) is 6.20 Å². The highest BCUT2D eigenvalue weighted by Crippen LogP contribution is 2.29. The maximum absolute atomic E-state index is 12.4. The summed E-state index contributed by atoms with van der Waals surface area (Å²) >= 11 is 0. The van der Waals surface area contributed by atoms with Crippen molar-refractivity contribution in [3.63, 3.8) is 0 Å². The van der Waals surface area contributed by atoms with Crippen LogP contribution in [0.2, 0.25) is 0 Å². The Hall–Kier alpha value is -2.36. The maximum atomic E-state index is 12.4. The second-order valence-corrected chi connectivity index (χ2v) is 3.29. The number of halogens is 3. The van der Waals surface area contributed by atoms with Crippen molar-refractivity contribution < 1.29 is 13.2 Å². The summed E-state index contributed by atoms with van der Waals surface area (Å²) in [6.45, 7) is 0. The molecule has 7 nitrogen and oxygen atoms in total. The Kier molecular flexibility index (Phi) is 2.79. The Morgan fingerprint density at radius 1 is 1.28 bits per heavy atom. The van der Waals surface area contributed by atoms with Crippen LogP contribution in [0, 0.1) is 0 Å². The van der Waals surface area contributed by atoms with Gasteiger partial charge in [0.1, 0.15) is 5.82 Å². The molecule has 0 saturated carbocycles. The van der Waals surface area contributed by atoms with Crippen LogP contribution in [0.1, 0.15) is 5.56 Å². The molecule has 2 rings (SSSR count). The predicted octanol–water partition coefficient (Wildman–Crippen LogP) is 0.549. The van der Waals surface area contributed by atoms with Crippen LogP contribution in [-0.2, 0) is 6.18 Å². The molecule has 5 N–H and O–H groups in total. The molecule has 10 heteroatoms. The van der Waals surface area contributed by atoms with Crippen LogP contribution >= 0.6 is 0 Å². The van der Waals surface area contributed by atoms with Crippen LogP contribution in [0.15, 0.2) is 18.5 Å². The highest BCUT2D eigenvalue weighted by Gasteiger charge is 2.32. The van der Waals surface area contributed by atoms with E-state index >= 15 is 0 Å². The first-order valence-corrected chi connectivity index (χ1v) is 4.63. The Labute approximate surface area is 98.6 Å². The first-order valence-electron chi connectivity index (χ1n) is 4.63. The van der Waals surface area contributed by atoms with Crippen molar-refractivity contribution in [2.45, 2.75) is 6.18 Å².